The van der Waals surface area contributed by atoms with Gasteiger partial charge in [0.1, 0.15) is 17.8 Å². The van der Waals surface area contributed by atoms with Crippen LogP contribution >= 0.6 is 0 Å². The maximum atomic E-state index is 12.1. The van der Waals surface area contributed by atoms with E-state index in [2.05, 4.69) is 10.6 Å². The van der Waals surface area contributed by atoms with Crippen molar-refractivity contribution < 1.29 is 19.1 Å². The maximum Gasteiger partial charge on any atom is 0.251 e. The van der Waals surface area contributed by atoms with Crippen molar-refractivity contribution in [3.05, 3.63) is 60.1 Å². The standard InChI is InChI=1S/C16H18N2O4/c1-11(17-16(21)12-6-3-2-4-7-12)15(20)18-13(10-19)14-8-5-9-22-14/h2-9,11,13,19H,10H2,1H3,(H,17,21)(H,18,20). The number of rotatable bonds is 6. The third kappa shape index (κ3) is 3.95. The molecule has 1 heterocycles. The summed E-state index contributed by atoms with van der Waals surface area (Å²) in [6, 6.07) is 10.6. The van der Waals surface area contributed by atoms with Crippen LogP contribution in [0.3, 0.4) is 0 Å². The van der Waals surface area contributed by atoms with E-state index in [4.69, 9.17) is 4.42 Å². The number of aliphatic hydroxyl groups excluding tert-OH is 1. The Hall–Kier alpha value is -2.60. The second-order valence-corrected chi connectivity index (χ2v) is 4.82. The number of nitrogens with one attached hydrogen (secondary N) is 2. The first-order chi connectivity index (χ1) is 10.6. The lowest BCUT2D eigenvalue weighted by Gasteiger charge is -2.18. The van der Waals surface area contributed by atoms with E-state index >= 15 is 0 Å². The normalized spacial score (nSPS) is 13.2. The molecule has 2 atom stereocenters. The lowest BCUT2D eigenvalue weighted by Crippen LogP contribution is -2.46. The van der Waals surface area contributed by atoms with Crippen LogP contribution in [0.2, 0.25) is 0 Å². The van der Waals surface area contributed by atoms with Crippen LogP contribution < -0.4 is 10.6 Å². The Balaban J connectivity index is 1.93. The van der Waals surface area contributed by atoms with Crippen LogP contribution in [0.15, 0.2) is 53.1 Å². The molecule has 2 amide bonds. The minimum atomic E-state index is -0.739. The van der Waals surface area contributed by atoms with E-state index in [9.17, 15) is 14.7 Å². The molecule has 0 aliphatic carbocycles. The highest BCUT2D eigenvalue weighted by Crippen LogP contribution is 2.12. The SMILES string of the molecule is CC(NC(=O)c1ccccc1)C(=O)NC(CO)c1ccco1. The zero-order valence-electron chi connectivity index (χ0n) is 12.2. The van der Waals surface area contributed by atoms with Crippen LogP contribution in [0.5, 0.6) is 0 Å². The van der Waals surface area contributed by atoms with Gasteiger partial charge < -0.3 is 20.2 Å². The number of carbonyl (C=O) groups excluding carboxylic acids is 2. The van der Waals surface area contributed by atoms with Crippen LogP contribution in [-0.2, 0) is 4.79 Å². The van der Waals surface area contributed by atoms with Gasteiger partial charge in [0, 0.05) is 5.56 Å². The predicted octanol–water partition coefficient (Wildman–Crippen LogP) is 1.25. The van der Waals surface area contributed by atoms with Crippen LogP contribution in [-0.4, -0.2) is 29.6 Å². The summed E-state index contributed by atoms with van der Waals surface area (Å²) in [6.07, 6.45) is 1.46. The molecule has 0 spiro atoms. The van der Waals surface area contributed by atoms with Crippen molar-refractivity contribution in [3.8, 4) is 0 Å². The van der Waals surface area contributed by atoms with Crippen molar-refractivity contribution >= 4 is 11.8 Å². The van der Waals surface area contributed by atoms with Crippen LogP contribution in [0, 0.1) is 0 Å². The fraction of sp³-hybridized carbons (Fsp3) is 0.250. The average Bonchev–Trinajstić information content (AvgIpc) is 3.07. The maximum absolute atomic E-state index is 12.1. The molecule has 0 aliphatic heterocycles. The molecule has 2 aromatic rings. The number of furan rings is 1. The Labute approximate surface area is 128 Å². The molecule has 0 radical (unpaired) electrons. The van der Waals surface area contributed by atoms with Crippen LogP contribution in [0.1, 0.15) is 29.1 Å². The van der Waals surface area contributed by atoms with Crippen molar-refractivity contribution in [1.29, 1.82) is 0 Å². The van der Waals surface area contributed by atoms with Crippen LogP contribution in [0.4, 0.5) is 0 Å². The van der Waals surface area contributed by atoms with E-state index in [1.54, 1.807) is 43.3 Å². The first kappa shape index (κ1) is 15.8. The van der Waals surface area contributed by atoms with E-state index in [-0.39, 0.29) is 12.5 Å². The minimum Gasteiger partial charge on any atom is -0.467 e. The zero-order chi connectivity index (χ0) is 15.9. The number of benzene rings is 1. The Morgan fingerprint density at radius 3 is 2.45 bits per heavy atom. The second-order valence-electron chi connectivity index (χ2n) is 4.82. The fourth-order valence-electron chi connectivity index (χ4n) is 1.93. The molecular weight excluding hydrogens is 284 g/mol. The van der Waals surface area contributed by atoms with Crippen LogP contribution in [0.25, 0.3) is 0 Å². The molecule has 0 saturated carbocycles. The largest absolute Gasteiger partial charge is 0.467 e. The molecule has 2 rings (SSSR count). The van der Waals surface area contributed by atoms with Gasteiger partial charge in [0.2, 0.25) is 5.91 Å². The van der Waals surface area contributed by atoms with Gasteiger partial charge in [-0.15, -0.1) is 0 Å². The topological polar surface area (TPSA) is 91.6 Å². The van der Waals surface area contributed by atoms with Crippen molar-refractivity contribution in [2.75, 3.05) is 6.61 Å². The third-order valence-corrected chi connectivity index (χ3v) is 3.16. The van der Waals surface area contributed by atoms with Crippen molar-refractivity contribution in [3.63, 3.8) is 0 Å². The highest BCUT2D eigenvalue weighted by Gasteiger charge is 2.21. The Morgan fingerprint density at radius 1 is 1.14 bits per heavy atom. The molecule has 3 N–H and O–H groups in total. The van der Waals surface area contributed by atoms with E-state index < -0.39 is 18.0 Å². The van der Waals surface area contributed by atoms with Crippen molar-refractivity contribution in [2.24, 2.45) is 0 Å². The lowest BCUT2D eigenvalue weighted by molar-refractivity contribution is -0.123. The highest BCUT2D eigenvalue weighted by atomic mass is 16.3. The Morgan fingerprint density at radius 2 is 1.86 bits per heavy atom. The van der Waals surface area contributed by atoms with E-state index in [0.29, 0.717) is 11.3 Å². The van der Waals surface area contributed by atoms with E-state index in [1.165, 1.54) is 6.26 Å². The number of carbonyl (C=O) groups is 2. The number of hydrogen-bond acceptors (Lipinski definition) is 4. The third-order valence-electron chi connectivity index (χ3n) is 3.16. The average molecular weight is 302 g/mol. The molecule has 0 fully saturated rings. The van der Waals surface area contributed by atoms with Gasteiger partial charge in [-0.2, -0.15) is 0 Å². The Bertz CT molecular complexity index is 610. The molecule has 6 nitrogen and oxygen atoms in total. The van der Waals surface area contributed by atoms with Crippen molar-refractivity contribution in [2.45, 2.75) is 19.0 Å². The summed E-state index contributed by atoms with van der Waals surface area (Å²) in [5.74, 6) is -0.279. The van der Waals surface area contributed by atoms with Gasteiger partial charge in [-0.05, 0) is 31.2 Å². The fourth-order valence-corrected chi connectivity index (χ4v) is 1.93. The smallest absolute Gasteiger partial charge is 0.251 e. The van der Waals surface area contributed by atoms with Gasteiger partial charge >= 0.3 is 0 Å². The number of aliphatic hydroxyl groups is 1. The molecule has 0 aliphatic rings. The molecule has 2 unspecified atom stereocenters. The molecule has 0 saturated heterocycles. The quantitative estimate of drug-likeness (QED) is 0.749. The van der Waals surface area contributed by atoms with E-state index in [1.807, 2.05) is 6.07 Å². The monoisotopic (exact) mass is 302 g/mol. The molecule has 0 bridgehead atoms. The summed E-state index contributed by atoms with van der Waals surface area (Å²) in [5.41, 5.74) is 0.479. The summed E-state index contributed by atoms with van der Waals surface area (Å²) >= 11 is 0. The molecule has 22 heavy (non-hydrogen) atoms. The molecule has 6 heteroatoms. The van der Waals surface area contributed by atoms with Gasteiger partial charge in [-0.25, -0.2) is 0 Å². The summed E-state index contributed by atoms with van der Waals surface area (Å²) in [6.45, 7) is 1.28. The highest BCUT2D eigenvalue weighted by molar-refractivity contribution is 5.97. The minimum absolute atomic E-state index is 0.293. The second kappa shape index (κ2) is 7.42. The number of hydrogen-bond donors (Lipinski definition) is 3. The first-order valence-corrected chi connectivity index (χ1v) is 6.92. The zero-order valence-corrected chi connectivity index (χ0v) is 12.2. The van der Waals surface area contributed by atoms with Crippen molar-refractivity contribution in [1.82, 2.24) is 10.6 Å². The van der Waals surface area contributed by atoms with E-state index in [0.717, 1.165) is 0 Å². The summed E-state index contributed by atoms with van der Waals surface area (Å²) in [5, 5.41) is 14.6. The molecule has 1 aromatic heterocycles. The predicted molar refractivity (Wildman–Crippen MR) is 80.0 cm³/mol. The summed E-state index contributed by atoms with van der Waals surface area (Å²) in [4.78, 5) is 24.1. The van der Waals surface area contributed by atoms with Gasteiger partial charge in [-0.3, -0.25) is 9.59 Å². The Kier molecular flexibility index (Phi) is 5.32. The molecule has 116 valence electrons. The van der Waals surface area contributed by atoms with Gasteiger partial charge in [-0.1, -0.05) is 18.2 Å². The summed E-state index contributed by atoms with van der Waals surface area (Å²) in [7, 11) is 0. The van der Waals surface area contributed by atoms with Gasteiger partial charge in [0.15, 0.2) is 0 Å². The summed E-state index contributed by atoms with van der Waals surface area (Å²) < 4.78 is 5.16. The molecular formula is C16H18N2O4. The van der Waals surface area contributed by atoms with Gasteiger partial charge in [0.25, 0.3) is 5.91 Å². The number of amides is 2. The first-order valence-electron chi connectivity index (χ1n) is 6.92. The van der Waals surface area contributed by atoms with Gasteiger partial charge in [0.05, 0.1) is 12.9 Å². The molecule has 1 aromatic carbocycles. The lowest BCUT2D eigenvalue weighted by atomic mass is 10.2.